The number of rotatable bonds is 6. The zero-order chi connectivity index (χ0) is 28.2. The fourth-order valence-electron chi connectivity index (χ4n) is 5.97. The summed E-state index contributed by atoms with van der Waals surface area (Å²) in [4.78, 5) is 38.7. The van der Waals surface area contributed by atoms with Crippen LogP contribution in [0.25, 0.3) is 28.1 Å². The second-order valence-corrected chi connectivity index (χ2v) is 11.3. The van der Waals surface area contributed by atoms with E-state index in [1.165, 1.54) is 0 Å². The minimum absolute atomic E-state index is 0.273. The number of nitrogens with two attached hydrogens (primary N) is 1. The van der Waals surface area contributed by atoms with Crippen molar-refractivity contribution < 1.29 is 9.53 Å². The van der Waals surface area contributed by atoms with Gasteiger partial charge in [-0.25, -0.2) is 9.97 Å². The number of aromatic nitrogens is 6. The molecule has 0 unspecified atom stereocenters. The molecule has 0 saturated carbocycles. The maximum Gasteiger partial charge on any atom is 0.239 e. The van der Waals surface area contributed by atoms with Crippen LogP contribution in [-0.2, 0) is 16.6 Å². The monoisotopic (exact) mass is 546 g/mol. The lowest BCUT2D eigenvalue weighted by Gasteiger charge is -2.43. The average Bonchev–Trinajstić information content (AvgIpc) is 3.48. The Morgan fingerprint density at radius 1 is 1.05 bits per heavy atom. The first-order valence-electron chi connectivity index (χ1n) is 14.0. The topological polar surface area (TPSA) is 123 Å². The summed E-state index contributed by atoms with van der Waals surface area (Å²) in [6, 6.07) is 8.33. The second kappa shape index (κ2) is 10.0. The minimum Gasteiger partial charge on any atom is -0.378 e. The molecule has 1 aromatic carbocycles. The zero-order valence-electron chi connectivity index (χ0n) is 24.0. The van der Waals surface area contributed by atoms with E-state index >= 15 is 0 Å². The Bertz CT molecular complexity index is 1560. The first kappa shape index (κ1) is 26.5. The highest BCUT2D eigenvalue weighted by Crippen LogP contribution is 2.32. The molecule has 2 N–H and O–H groups in total. The Morgan fingerprint density at radius 3 is 2.45 bits per heavy atom. The fraction of sp³-hybridized carbons (Fsp3) is 0.536. The normalized spacial score (nSPS) is 17.7. The summed E-state index contributed by atoms with van der Waals surface area (Å²) in [6.07, 6.45) is 1.81. The predicted molar refractivity (Wildman–Crippen MR) is 155 cm³/mol. The lowest BCUT2D eigenvalue weighted by molar-refractivity contribution is -0.129. The molecule has 2 saturated heterocycles. The summed E-state index contributed by atoms with van der Waals surface area (Å²) in [5, 5.41) is 0. The lowest BCUT2D eigenvalue weighted by atomic mass is 9.95. The maximum absolute atomic E-state index is 12.0. The van der Waals surface area contributed by atoms with E-state index in [0.29, 0.717) is 19.2 Å². The van der Waals surface area contributed by atoms with Gasteiger partial charge < -0.3 is 20.3 Å². The minimum atomic E-state index is -0.657. The van der Waals surface area contributed by atoms with Crippen molar-refractivity contribution in [1.29, 1.82) is 0 Å². The van der Waals surface area contributed by atoms with Crippen LogP contribution in [0.4, 0.5) is 11.8 Å². The predicted octanol–water partition coefficient (Wildman–Crippen LogP) is 2.01. The van der Waals surface area contributed by atoms with Crippen molar-refractivity contribution in [3.05, 3.63) is 30.1 Å². The van der Waals surface area contributed by atoms with E-state index in [4.69, 9.17) is 30.4 Å². The highest BCUT2D eigenvalue weighted by Gasteiger charge is 2.36. The van der Waals surface area contributed by atoms with Crippen molar-refractivity contribution in [3.63, 3.8) is 0 Å². The van der Waals surface area contributed by atoms with Crippen molar-refractivity contribution in [1.82, 2.24) is 34.0 Å². The summed E-state index contributed by atoms with van der Waals surface area (Å²) in [5.74, 6) is 2.78. The molecule has 1 amide bonds. The Kier molecular flexibility index (Phi) is 6.62. The molecule has 2 aliphatic rings. The number of hydrogen-bond acceptors (Lipinski definition) is 9. The van der Waals surface area contributed by atoms with Crippen LogP contribution in [0.5, 0.6) is 0 Å². The number of amides is 1. The number of benzene rings is 1. The molecule has 212 valence electrons. The van der Waals surface area contributed by atoms with Crippen LogP contribution in [0.1, 0.15) is 32.5 Å². The van der Waals surface area contributed by atoms with Crippen LogP contribution in [0, 0.1) is 6.92 Å². The molecule has 12 nitrogen and oxygen atoms in total. The van der Waals surface area contributed by atoms with Crippen LogP contribution in [0.15, 0.2) is 24.3 Å². The second-order valence-electron chi connectivity index (χ2n) is 11.3. The lowest BCUT2D eigenvalue weighted by Crippen LogP contribution is -2.57. The van der Waals surface area contributed by atoms with Gasteiger partial charge in [0, 0.05) is 46.3 Å². The standard InChI is InChI=1S/C28H38N10O2/c1-18-30-20-8-6-7-9-21(20)38(18)26-32-23-22(24(33-26)36-14-16-40-17-15-36)31-27(35(23)5)34(4)19-10-12-37(13-11-19)28(2,3)25(29)39/h6-9,19H,10-17H2,1-5H3,(H2,29,39). The van der Waals surface area contributed by atoms with Crippen LogP contribution >= 0.6 is 0 Å². The molecule has 0 spiro atoms. The van der Waals surface area contributed by atoms with Crippen molar-refractivity contribution in [2.24, 2.45) is 12.8 Å². The van der Waals surface area contributed by atoms with Crippen molar-refractivity contribution >= 4 is 39.9 Å². The molecule has 0 atom stereocenters. The van der Waals surface area contributed by atoms with Gasteiger partial charge in [0.1, 0.15) is 5.82 Å². The number of morpholine rings is 1. The molecule has 0 radical (unpaired) electrons. The molecule has 5 heterocycles. The van der Waals surface area contributed by atoms with E-state index in [2.05, 4.69) is 26.3 Å². The van der Waals surface area contributed by atoms with Gasteiger partial charge in [0.25, 0.3) is 0 Å². The van der Waals surface area contributed by atoms with Gasteiger partial charge in [0.05, 0.1) is 29.8 Å². The van der Waals surface area contributed by atoms with Gasteiger partial charge >= 0.3 is 0 Å². The van der Waals surface area contributed by atoms with E-state index < -0.39 is 5.54 Å². The Morgan fingerprint density at radius 2 is 1.75 bits per heavy atom. The molecule has 0 bridgehead atoms. The van der Waals surface area contributed by atoms with Gasteiger partial charge in [-0.05, 0) is 45.7 Å². The number of para-hydroxylation sites is 2. The van der Waals surface area contributed by atoms with Crippen molar-refractivity contribution in [2.45, 2.75) is 45.2 Å². The maximum atomic E-state index is 12.0. The first-order chi connectivity index (χ1) is 19.2. The third-order valence-corrected chi connectivity index (χ3v) is 8.63. The Hall–Kier alpha value is -3.77. The van der Waals surface area contributed by atoms with E-state index in [1.54, 1.807) is 0 Å². The Balaban J connectivity index is 1.40. The molecule has 40 heavy (non-hydrogen) atoms. The summed E-state index contributed by atoms with van der Waals surface area (Å²) in [7, 11) is 4.11. The van der Waals surface area contributed by atoms with Crippen LogP contribution in [0.3, 0.4) is 0 Å². The summed E-state index contributed by atoms with van der Waals surface area (Å²) < 4.78 is 9.73. The van der Waals surface area contributed by atoms with Gasteiger partial charge in [-0.2, -0.15) is 9.97 Å². The summed E-state index contributed by atoms with van der Waals surface area (Å²) >= 11 is 0. The number of aryl methyl sites for hydroxylation is 2. The zero-order valence-corrected chi connectivity index (χ0v) is 24.0. The van der Waals surface area contributed by atoms with Crippen LogP contribution in [0.2, 0.25) is 0 Å². The number of nitrogens with zero attached hydrogens (tertiary/aromatic N) is 9. The molecule has 6 rings (SSSR count). The third kappa shape index (κ3) is 4.35. The van der Waals surface area contributed by atoms with Gasteiger partial charge in [0.15, 0.2) is 17.0 Å². The number of fused-ring (bicyclic) bond motifs is 2. The number of carbonyl (C=O) groups is 1. The molecule has 2 aliphatic heterocycles. The van der Waals surface area contributed by atoms with Crippen molar-refractivity contribution in [3.8, 4) is 5.95 Å². The molecular formula is C28H38N10O2. The first-order valence-corrected chi connectivity index (χ1v) is 14.0. The number of anilines is 2. The molecular weight excluding hydrogens is 508 g/mol. The van der Waals surface area contributed by atoms with E-state index in [0.717, 1.165) is 78.8 Å². The van der Waals surface area contributed by atoms with E-state index in [1.807, 2.05) is 56.7 Å². The average molecular weight is 547 g/mol. The van der Waals surface area contributed by atoms with E-state index in [9.17, 15) is 4.79 Å². The highest BCUT2D eigenvalue weighted by atomic mass is 16.5. The van der Waals surface area contributed by atoms with Gasteiger partial charge in [0.2, 0.25) is 17.8 Å². The summed E-state index contributed by atoms with van der Waals surface area (Å²) in [6.45, 7) is 10.2. The molecule has 2 fully saturated rings. The van der Waals surface area contributed by atoms with Crippen molar-refractivity contribution in [2.75, 3.05) is 56.2 Å². The van der Waals surface area contributed by atoms with Crippen LogP contribution in [-0.4, -0.2) is 97.9 Å². The van der Waals surface area contributed by atoms with Crippen LogP contribution < -0.4 is 15.5 Å². The SMILES string of the molecule is Cc1nc2ccccc2n1-c1nc(N2CCOCC2)c2nc(N(C)C3CCN(C(C)(C)C(N)=O)CC3)n(C)c2n1. The number of ether oxygens (including phenoxy) is 1. The molecule has 12 heteroatoms. The van der Waals surface area contributed by atoms with E-state index in [-0.39, 0.29) is 11.9 Å². The van der Waals surface area contributed by atoms with Gasteiger partial charge in [-0.1, -0.05) is 12.1 Å². The summed E-state index contributed by atoms with van der Waals surface area (Å²) in [5.41, 5.74) is 8.46. The molecule has 0 aliphatic carbocycles. The molecule has 4 aromatic rings. The number of likely N-dealkylation sites (tertiary alicyclic amines) is 1. The van der Waals surface area contributed by atoms with Gasteiger partial charge in [-0.3, -0.25) is 18.8 Å². The number of piperidine rings is 1. The molecule has 3 aromatic heterocycles. The number of primary amides is 1. The third-order valence-electron chi connectivity index (χ3n) is 8.63. The quantitative estimate of drug-likeness (QED) is 0.387. The highest BCUT2D eigenvalue weighted by molar-refractivity contribution is 5.87. The fourth-order valence-corrected chi connectivity index (χ4v) is 5.97. The number of carbonyl (C=O) groups excluding carboxylic acids is 1. The largest absolute Gasteiger partial charge is 0.378 e. The van der Waals surface area contributed by atoms with Gasteiger partial charge in [-0.15, -0.1) is 0 Å². The smallest absolute Gasteiger partial charge is 0.239 e. The number of imidazole rings is 2. The Labute approximate surface area is 233 Å². The number of hydrogen-bond donors (Lipinski definition) is 1.